The van der Waals surface area contributed by atoms with Crippen molar-refractivity contribution in [2.75, 3.05) is 6.61 Å². The van der Waals surface area contributed by atoms with Gasteiger partial charge in [0.25, 0.3) is 0 Å². The van der Waals surface area contributed by atoms with Crippen molar-refractivity contribution >= 4 is 22.6 Å². The highest BCUT2D eigenvalue weighted by Gasteiger charge is 2.29. The van der Waals surface area contributed by atoms with E-state index in [-0.39, 0.29) is 12.4 Å². The first-order valence-corrected chi connectivity index (χ1v) is 7.68. The summed E-state index contributed by atoms with van der Waals surface area (Å²) in [5.74, 6) is 0. The number of benzene rings is 1. The molecule has 0 aliphatic carbocycles. The molecule has 2 rings (SSSR count). The summed E-state index contributed by atoms with van der Waals surface area (Å²) < 4.78 is 13.6. The van der Waals surface area contributed by atoms with Crippen molar-refractivity contribution in [2.45, 2.75) is 38.6 Å². The maximum absolute atomic E-state index is 5.93. The SMILES string of the molecule is CCOC1C/C(=C\I)C(CCc2ccccc2)O1. The van der Waals surface area contributed by atoms with Gasteiger partial charge in [-0.2, -0.15) is 0 Å². The molecule has 98 valence electrons. The molecule has 0 amide bonds. The zero-order valence-electron chi connectivity index (χ0n) is 10.6. The van der Waals surface area contributed by atoms with Gasteiger partial charge in [0, 0.05) is 13.0 Å². The van der Waals surface area contributed by atoms with Gasteiger partial charge in [-0.3, -0.25) is 0 Å². The Morgan fingerprint density at radius 3 is 2.83 bits per heavy atom. The van der Waals surface area contributed by atoms with Crippen molar-refractivity contribution in [3.05, 3.63) is 45.6 Å². The molecular weight excluding hydrogens is 339 g/mol. The van der Waals surface area contributed by atoms with Crippen LogP contribution in [-0.2, 0) is 15.9 Å². The van der Waals surface area contributed by atoms with Crippen LogP contribution in [0, 0.1) is 0 Å². The van der Waals surface area contributed by atoms with Gasteiger partial charge in [0.05, 0.1) is 6.10 Å². The van der Waals surface area contributed by atoms with Crippen LogP contribution < -0.4 is 0 Å². The van der Waals surface area contributed by atoms with Crippen LogP contribution in [0.15, 0.2) is 40.0 Å². The highest BCUT2D eigenvalue weighted by atomic mass is 127. The fraction of sp³-hybridized carbons (Fsp3) is 0.467. The minimum atomic E-state index is -0.0446. The smallest absolute Gasteiger partial charge is 0.162 e. The molecule has 0 radical (unpaired) electrons. The highest BCUT2D eigenvalue weighted by molar-refractivity contribution is 14.1. The lowest BCUT2D eigenvalue weighted by Crippen LogP contribution is -2.15. The van der Waals surface area contributed by atoms with Crippen LogP contribution in [0.4, 0.5) is 0 Å². The van der Waals surface area contributed by atoms with Crippen molar-refractivity contribution in [2.24, 2.45) is 0 Å². The Labute approximate surface area is 123 Å². The number of hydrogen-bond acceptors (Lipinski definition) is 2. The number of rotatable bonds is 5. The molecule has 1 fully saturated rings. The van der Waals surface area contributed by atoms with E-state index < -0.39 is 0 Å². The molecule has 1 aromatic carbocycles. The molecule has 1 aliphatic rings. The van der Waals surface area contributed by atoms with Crippen LogP contribution in [0.1, 0.15) is 25.3 Å². The van der Waals surface area contributed by atoms with Gasteiger partial charge in [-0.25, -0.2) is 0 Å². The molecule has 2 nitrogen and oxygen atoms in total. The molecule has 1 heterocycles. The summed E-state index contributed by atoms with van der Waals surface area (Å²) >= 11 is 2.30. The van der Waals surface area contributed by atoms with Gasteiger partial charge in [-0.05, 0) is 35.0 Å². The Balaban J connectivity index is 1.88. The van der Waals surface area contributed by atoms with Crippen LogP contribution in [0.25, 0.3) is 0 Å². The van der Waals surface area contributed by atoms with E-state index in [1.165, 1.54) is 11.1 Å². The van der Waals surface area contributed by atoms with E-state index in [2.05, 4.69) is 57.0 Å². The Morgan fingerprint density at radius 1 is 1.39 bits per heavy atom. The van der Waals surface area contributed by atoms with Gasteiger partial charge in [-0.15, -0.1) is 0 Å². The van der Waals surface area contributed by atoms with E-state index in [0.717, 1.165) is 19.3 Å². The van der Waals surface area contributed by atoms with Crippen molar-refractivity contribution in [1.29, 1.82) is 0 Å². The van der Waals surface area contributed by atoms with Gasteiger partial charge in [0.15, 0.2) is 6.29 Å². The second kappa shape index (κ2) is 7.26. The highest BCUT2D eigenvalue weighted by Crippen LogP contribution is 2.30. The molecule has 0 saturated carbocycles. The third kappa shape index (κ3) is 3.80. The number of hydrogen-bond donors (Lipinski definition) is 0. The Kier molecular flexibility index (Phi) is 5.66. The second-order valence-corrected chi connectivity index (χ2v) is 5.04. The molecule has 1 saturated heterocycles. The molecule has 0 aromatic heterocycles. The van der Waals surface area contributed by atoms with E-state index in [4.69, 9.17) is 9.47 Å². The van der Waals surface area contributed by atoms with E-state index >= 15 is 0 Å². The summed E-state index contributed by atoms with van der Waals surface area (Å²) in [7, 11) is 0. The minimum absolute atomic E-state index is 0.0446. The summed E-state index contributed by atoms with van der Waals surface area (Å²) in [6.07, 6.45) is 3.17. The van der Waals surface area contributed by atoms with Gasteiger partial charge in [0.1, 0.15) is 0 Å². The topological polar surface area (TPSA) is 18.5 Å². The lowest BCUT2D eigenvalue weighted by molar-refractivity contribution is -0.130. The molecule has 0 N–H and O–H groups in total. The monoisotopic (exact) mass is 358 g/mol. The zero-order valence-corrected chi connectivity index (χ0v) is 12.8. The molecule has 2 unspecified atom stereocenters. The Bertz CT molecular complexity index is 389. The first-order chi connectivity index (χ1) is 8.83. The molecule has 3 heteroatoms. The molecule has 2 atom stereocenters. The molecule has 18 heavy (non-hydrogen) atoms. The van der Waals surface area contributed by atoms with E-state index in [1.807, 2.05) is 6.92 Å². The minimum Gasteiger partial charge on any atom is -0.353 e. The van der Waals surface area contributed by atoms with Crippen molar-refractivity contribution in [1.82, 2.24) is 0 Å². The molecule has 0 bridgehead atoms. The van der Waals surface area contributed by atoms with Gasteiger partial charge >= 0.3 is 0 Å². The predicted molar refractivity (Wildman–Crippen MR) is 81.8 cm³/mol. The normalized spacial score (nSPS) is 25.8. The quantitative estimate of drug-likeness (QED) is 0.739. The fourth-order valence-corrected chi connectivity index (χ4v) is 2.89. The largest absolute Gasteiger partial charge is 0.353 e. The van der Waals surface area contributed by atoms with Crippen LogP contribution >= 0.6 is 22.6 Å². The Morgan fingerprint density at radius 2 is 2.17 bits per heavy atom. The van der Waals surface area contributed by atoms with Crippen LogP contribution in [0.2, 0.25) is 0 Å². The maximum atomic E-state index is 5.93. The van der Waals surface area contributed by atoms with Gasteiger partial charge < -0.3 is 9.47 Å². The zero-order chi connectivity index (χ0) is 12.8. The van der Waals surface area contributed by atoms with E-state index in [9.17, 15) is 0 Å². The van der Waals surface area contributed by atoms with Gasteiger partial charge in [0.2, 0.25) is 0 Å². The molecular formula is C15H19IO2. The second-order valence-electron chi connectivity index (χ2n) is 4.42. The average Bonchev–Trinajstić information content (AvgIpc) is 2.80. The first kappa shape index (κ1) is 14.0. The number of halogens is 1. The molecule has 1 aromatic rings. The summed E-state index contributed by atoms with van der Waals surface area (Å²) in [6.45, 7) is 2.72. The van der Waals surface area contributed by atoms with Crippen LogP contribution in [0.5, 0.6) is 0 Å². The summed E-state index contributed by atoms with van der Waals surface area (Å²) in [5, 5.41) is 0. The molecule has 1 aliphatic heterocycles. The third-order valence-corrected chi connectivity index (χ3v) is 3.96. The lowest BCUT2D eigenvalue weighted by atomic mass is 10.0. The lowest BCUT2D eigenvalue weighted by Gasteiger charge is -2.13. The summed E-state index contributed by atoms with van der Waals surface area (Å²) in [5.41, 5.74) is 2.73. The number of aryl methyl sites for hydroxylation is 1. The third-order valence-electron chi connectivity index (χ3n) is 3.16. The Hall–Kier alpha value is -0.390. The van der Waals surface area contributed by atoms with E-state index in [1.54, 1.807) is 0 Å². The van der Waals surface area contributed by atoms with Crippen molar-refractivity contribution in [3.63, 3.8) is 0 Å². The summed E-state index contributed by atoms with van der Waals surface area (Å²) in [6, 6.07) is 10.6. The fourth-order valence-electron chi connectivity index (χ4n) is 2.24. The average molecular weight is 358 g/mol. The summed E-state index contributed by atoms with van der Waals surface area (Å²) in [4.78, 5) is 0. The van der Waals surface area contributed by atoms with Crippen LogP contribution in [0.3, 0.4) is 0 Å². The van der Waals surface area contributed by atoms with E-state index in [0.29, 0.717) is 6.61 Å². The van der Waals surface area contributed by atoms with Crippen molar-refractivity contribution in [3.8, 4) is 0 Å². The predicted octanol–water partition coefficient (Wildman–Crippen LogP) is 4.09. The number of ether oxygens (including phenoxy) is 2. The van der Waals surface area contributed by atoms with Crippen molar-refractivity contribution < 1.29 is 9.47 Å². The molecule has 0 spiro atoms. The van der Waals surface area contributed by atoms with Gasteiger partial charge in [-0.1, -0.05) is 52.9 Å². The maximum Gasteiger partial charge on any atom is 0.162 e. The first-order valence-electron chi connectivity index (χ1n) is 6.43. The van der Waals surface area contributed by atoms with Crippen LogP contribution in [-0.4, -0.2) is 19.0 Å². The standard InChI is InChI=1S/C15H19IO2/c1-2-17-15-10-13(11-16)14(18-15)9-8-12-6-4-3-5-7-12/h3-7,11,14-15H,2,8-10H2,1H3/b13-11+.